The molecule has 0 aliphatic carbocycles. The van der Waals surface area contributed by atoms with Crippen LogP contribution in [0.1, 0.15) is 79.7 Å². The maximum Gasteiger partial charge on any atom is 0.150 e. The molecule has 3 aromatic carbocycles. The molecule has 0 aliphatic heterocycles. The fourth-order valence-corrected chi connectivity index (χ4v) is 6.35. The number of ether oxygens (including phenoxy) is 4. The maximum absolute atomic E-state index is 6.60. The van der Waals surface area contributed by atoms with Crippen molar-refractivity contribution < 1.29 is 18.9 Å². The molecule has 9 heteroatoms. The van der Waals surface area contributed by atoms with Gasteiger partial charge in [0.1, 0.15) is 28.6 Å². The summed E-state index contributed by atoms with van der Waals surface area (Å²) in [6, 6.07) is 18.2. The van der Waals surface area contributed by atoms with Crippen molar-refractivity contribution in [2.24, 2.45) is 0 Å². The van der Waals surface area contributed by atoms with Crippen LogP contribution in [-0.2, 0) is 13.0 Å². The van der Waals surface area contributed by atoms with Gasteiger partial charge in [-0.2, -0.15) is 0 Å². The summed E-state index contributed by atoms with van der Waals surface area (Å²) >= 11 is 6.09. The zero-order valence-electron chi connectivity index (χ0n) is 32.2. The normalized spacial score (nSPS) is 11.7. The Kier molecular flexibility index (Phi) is 16.7. The van der Waals surface area contributed by atoms with Crippen molar-refractivity contribution in [1.82, 2.24) is 19.4 Å². The van der Waals surface area contributed by atoms with Gasteiger partial charge in [0.15, 0.2) is 5.75 Å². The predicted molar refractivity (Wildman–Crippen MR) is 212 cm³/mol. The van der Waals surface area contributed by atoms with Crippen LogP contribution in [0, 0.1) is 0 Å². The van der Waals surface area contributed by atoms with Crippen molar-refractivity contribution in [2.45, 2.75) is 93.2 Å². The van der Waals surface area contributed by atoms with E-state index in [1.165, 1.54) is 5.56 Å². The Morgan fingerprint density at radius 1 is 0.706 bits per heavy atom. The van der Waals surface area contributed by atoms with E-state index in [9.17, 15) is 0 Å². The van der Waals surface area contributed by atoms with Gasteiger partial charge in [0.2, 0.25) is 0 Å². The Bertz CT molecular complexity index is 1600. The Balaban J connectivity index is 1.71. The molecule has 0 spiro atoms. The van der Waals surface area contributed by atoms with Crippen LogP contribution in [0.4, 0.5) is 0 Å². The number of benzene rings is 3. The zero-order chi connectivity index (χ0) is 36.6. The Morgan fingerprint density at radius 3 is 1.94 bits per heavy atom. The van der Waals surface area contributed by atoms with Gasteiger partial charge in [-0.25, -0.2) is 4.98 Å². The molecule has 1 aromatic heterocycles. The van der Waals surface area contributed by atoms with Crippen LogP contribution in [0.15, 0.2) is 54.6 Å². The number of imidazole rings is 1. The van der Waals surface area contributed by atoms with Crippen molar-refractivity contribution in [3.8, 4) is 34.4 Å². The van der Waals surface area contributed by atoms with E-state index in [4.69, 9.17) is 35.5 Å². The second-order valence-electron chi connectivity index (χ2n) is 13.2. The fraction of sp³-hybridized carbons (Fsp3) is 0.548. The lowest BCUT2D eigenvalue weighted by molar-refractivity contribution is 0.236. The van der Waals surface area contributed by atoms with E-state index in [-0.39, 0.29) is 6.10 Å². The number of hydrogen-bond acceptors (Lipinski definition) is 7. The summed E-state index contributed by atoms with van der Waals surface area (Å²) in [4.78, 5) is 10.2. The lowest BCUT2D eigenvalue weighted by Crippen LogP contribution is -2.25. The molecule has 280 valence electrons. The summed E-state index contributed by atoms with van der Waals surface area (Å²) in [5.41, 5.74) is 3.97. The van der Waals surface area contributed by atoms with E-state index in [0.717, 1.165) is 128 Å². The molecule has 0 radical (unpaired) electrons. The van der Waals surface area contributed by atoms with Gasteiger partial charge < -0.3 is 33.3 Å². The number of aryl methyl sites for hydroxylation is 1. The summed E-state index contributed by atoms with van der Waals surface area (Å²) in [6.45, 7) is 23.8. The average molecular weight is 721 g/mol. The molecule has 0 bridgehead atoms. The minimum atomic E-state index is 0.0352. The number of unbranched alkanes of at least 4 members (excludes halogenated alkanes) is 1. The molecular formula is C42H61ClN4O4. The number of aromatic nitrogens is 2. The Morgan fingerprint density at radius 2 is 1.33 bits per heavy atom. The molecule has 0 unspecified atom stereocenters. The first-order valence-electron chi connectivity index (χ1n) is 19.2. The molecule has 0 saturated heterocycles. The highest BCUT2D eigenvalue weighted by Gasteiger charge is 2.22. The number of hydrogen-bond donors (Lipinski definition) is 0. The van der Waals surface area contributed by atoms with Crippen LogP contribution in [0.5, 0.6) is 23.0 Å². The van der Waals surface area contributed by atoms with E-state index in [2.05, 4.69) is 75.0 Å². The van der Waals surface area contributed by atoms with Crippen molar-refractivity contribution in [2.75, 3.05) is 59.1 Å². The van der Waals surface area contributed by atoms with E-state index in [1.807, 2.05) is 42.5 Å². The van der Waals surface area contributed by atoms with Crippen LogP contribution in [0.3, 0.4) is 0 Å². The first kappa shape index (κ1) is 40.3. The minimum Gasteiger partial charge on any atom is -0.493 e. The second-order valence-corrected chi connectivity index (χ2v) is 13.7. The third-order valence-electron chi connectivity index (χ3n) is 9.21. The second kappa shape index (κ2) is 21.2. The van der Waals surface area contributed by atoms with Gasteiger partial charge in [-0.1, -0.05) is 64.8 Å². The molecule has 8 nitrogen and oxygen atoms in total. The standard InChI is InChI=1S/C42H61ClN4O4/c1-8-13-25-47-38-29-36(51-32(6)7)31-40(50-27-15-24-46(11-4)12-5)41(38)44-42(47)37-21-20-35(48-28-22-33-16-18-34(43)19-17-33)30-39(37)49-26-14-23-45(9-2)10-3/h16-21,29-32H,8-15,22-28H2,1-7H3. The van der Waals surface area contributed by atoms with Crippen molar-refractivity contribution in [3.63, 3.8) is 0 Å². The third kappa shape index (κ3) is 12.0. The number of nitrogens with zero attached hydrogens (tertiary/aromatic N) is 4. The van der Waals surface area contributed by atoms with Crippen LogP contribution in [-0.4, -0.2) is 84.5 Å². The first-order valence-corrected chi connectivity index (χ1v) is 19.6. The molecule has 0 aliphatic rings. The molecule has 4 rings (SSSR count). The zero-order valence-corrected chi connectivity index (χ0v) is 32.9. The molecule has 0 N–H and O–H groups in total. The monoisotopic (exact) mass is 720 g/mol. The summed E-state index contributed by atoms with van der Waals surface area (Å²) in [7, 11) is 0. The van der Waals surface area contributed by atoms with Gasteiger partial charge in [-0.05, 0) is 89.1 Å². The fourth-order valence-electron chi connectivity index (χ4n) is 6.22. The van der Waals surface area contributed by atoms with Crippen molar-refractivity contribution >= 4 is 22.6 Å². The van der Waals surface area contributed by atoms with Crippen molar-refractivity contribution in [1.29, 1.82) is 0 Å². The SMILES string of the molecule is CCCCn1c(-c2ccc(OCCc3ccc(Cl)cc3)cc2OCCCN(CC)CC)nc2c(OCCCN(CC)CC)cc(OC(C)C)cc21. The van der Waals surface area contributed by atoms with Gasteiger partial charge in [-0.3, -0.25) is 0 Å². The van der Waals surface area contributed by atoms with Crippen LogP contribution in [0.2, 0.25) is 5.02 Å². The highest BCUT2D eigenvalue weighted by atomic mass is 35.5. The first-order chi connectivity index (χ1) is 24.8. The van der Waals surface area contributed by atoms with Crippen LogP contribution < -0.4 is 18.9 Å². The number of fused-ring (bicyclic) bond motifs is 1. The summed E-state index contributed by atoms with van der Waals surface area (Å²) < 4.78 is 27.9. The smallest absolute Gasteiger partial charge is 0.150 e. The third-order valence-corrected chi connectivity index (χ3v) is 9.46. The van der Waals surface area contributed by atoms with Crippen LogP contribution >= 0.6 is 11.6 Å². The molecule has 51 heavy (non-hydrogen) atoms. The van der Waals surface area contributed by atoms with Gasteiger partial charge >= 0.3 is 0 Å². The summed E-state index contributed by atoms with van der Waals surface area (Å²) in [5, 5.41) is 0.737. The van der Waals surface area contributed by atoms with E-state index < -0.39 is 0 Å². The molecule has 0 fully saturated rings. The Hall–Kier alpha value is -3.46. The molecule has 0 amide bonds. The van der Waals surface area contributed by atoms with E-state index in [1.54, 1.807) is 0 Å². The van der Waals surface area contributed by atoms with Gasteiger partial charge in [0, 0.05) is 49.3 Å². The lowest BCUT2D eigenvalue weighted by atomic mass is 10.1. The van der Waals surface area contributed by atoms with E-state index in [0.29, 0.717) is 19.8 Å². The van der Waals surface area contributed by atoms with E-state index >= 15 is 0 Å². The minimum absolute atomic E-state index is 0.0352. The highest BCUT2D eigenvalue weighted by Crippen LogP contribution is 2.39. The number of halogens is 1. The predicted octanol–water partition coefficient (Wildman–Crippen LogP) is 9.79. The molecule has 0 atom stereocenters. The summed E-state index contributed by atoms with van der Waals surface area (Å²) in [6.07, 6.45) is 4.76. The largest absolute Gasteiger partial charge is 0.493 e. The quantitative estimate of drug-likeness (QED) is 0.0668. The van der Waals surface area contributed by atoms with Crippen molar-refractivity contribution in [3.05, 3.63) is 65.2 Å². The molecule has 4 aromatic rings. The molecule has 1 heterocycles. The topological polar surface area (TPSA) is 61.2 Å². The van der Waals surface area contributed by atoms with Crippen LogP contribution in [0.25, 0.3) is 22.4 Å². The highest BCUT2D eigenvalue weighted by molar-refractivity contribution is 6.30. The molecular weight excluding hydrogens is 660 g/mol. The summed E-state index contributed by atoms with van der Waals surface area (Å²) in [5.74, 6) is 3.94. The Labute approximate surface area is 312 Å². The maximum atomic E-state index is 6.60. The van der Waals surface area contributed by atoms with Gasteiger partial charge in [0.05, 0.1) is 37.0 Å². The lowest BCUT2D eigenvalue weighted by Gasteiger charge is -2.19. The number of rotatable bonds is 24. The average Bonchev–Trinajstić information content (AvgIpc) is 3.49. The molecule has 0 saturated carbocycles. The van der Waals surface area contributed by atoms with Gasteiger partial charge in [0.25, 0.3) is 0 Å². The van der Waals surface area contributed by atoms with Gasteiger partial charge in [-0.15, -0.1) is 0 Å².